The first kappa shape index (κ1) is 15.7. The highest BCUT2D eigenvalue weighted by Gasteiger charge is 2.04. The number of hydrogen-bond donors (Lipinski definition) is 2. The molecule has 0 aliphatic carbocycles. The van der Waals surface area contributed by atoms with Gasteiger partial charge in [-0.1, -0.05) is 6.07 Å². The molecule has 5 heteroatoms. The van der Waals surface area contributed by atoms with Crippen LogP contribution in [0.3, 0.4) is 0 Å². The molecule has 0 spiro atoms. The number of nitrogens with zero attached hydrogens (tertiary/aromatic N) is 1. The average molecular weight is 300 g/mol. The van der Waals surface area contributed by atoms with Crippen molar-refractivity contribution < 1.29 is 14.6 Å². The lowest BCUT2D eigenvalue weighted by molar-refractivity contribution is 0.354. The van der Waals surface area contributed by atoms with Crippen LogP contribution < -0.4 is 14.9 Å². The van der Waals surface area contributed by atoms with Crippen LogP contribution in [0.1, 0.15) is 18.1 Å². The molecule has 0 aliphatic heterocycles. The Bertz CT molecular complexity index is 651. The molecule has 0 amide bonds. The number of phenols is 1. The molecule has 2 aromatic carbocycles. The topological polar surface area (TPSA) is 63.1 Å². The van der Waals surface area contributed by atoms with E-state index in [2.05, 4.69) is 10.5 Å². The minimum atomic E-state index is 0.245. The summed E-state index contributed by atoms with van der Waals surface area (Å²) in [4.78, 5) is 0. The Morgan fingerprint density at radius 3 is 2.36 bits per heavy atom. The van der Waals surface area contributed by atoms with Gasteiger partial charge in [-0.15, -0.1) is 0 Å². The zero-order chi connectivity index (χ0) is 15.9. The van der Waals surface area contributed by atoms with Gasteiger partial charge in [-0.2, -0.15) is 5.10 Å². The van der Waals surface area contributed by atoms with Crippen molar-refractivity contribution in [2.75, 3.05) is 14.2 Å². The maximum atomic E-state index is 9.28. The van der Waals surface area contributed by atoms with E-state index in [1.54, 1.807) is 26.4 Å². The van der Waals surface area contributed by atoms with Gasteiger partial charge in [0.15, 0.2) is 11.5 Å². The number of ether oxygens (including phenoxy) is 2. The van der Waals surface area contributed by atoms with Crippen LogP contribution in [0.2, 0.25) is 0 Å². The third-order valence-electron chi connectivity index (χ3n) is 3.26. The van der Waals surface area contributed by atoms with E-state index >= 15 is 0 Å². The Hall–Kier alpha value is -2.69. The van der Waals surface area contributed by atoms with E-state index in [9.17, 15) is 5.11 Å². The van der Waals surface area contributed by atoms with Gasteiger partial charge in [0.25, 0.3) is 0 Å². The summed E-state index contributed by atoms with van der Waals surface area (Å²) in [5.74, 6) is 1.64. The zero-order valence-corrected chi connectivity index (χ0v) is 13.0. The summed E-state index contributed by atoms with van der Waals surface area (Å²) in [6.07, 6.45) is 0. The minimum Gasteiger partial charge on any atom is -0.508 e. The highest BCUT2D eigenvalue weighted by atomic mass is 16.5. The second-order valence-electron chi connectivity index (χ2n) is 4.77. The van der Waals surface area contributed by atoms with Gasteiger partial charge in [-0.05, 0) is 54.4 Å². The van der Waals surface area contributed by atoms with Crippen molar-refractivity contribution in [1.29, 1.82) is 0 Å². The van der Waals surface area contributed by atoms with E-state index in [4.69, 9.17) is 9.47 Å². The second kappa shape index (κ2) is 7.36. The summed E-state index contributed by atoms with van der Waals surface area (Å²) in [6, 6.07) is 12.7. The van der Waals surface area contributed by atoms with Gasteiger partial charge in [0.05, 0.1) is 26.5 Å². The Morgan fingerprint density at radius 2 is 1.73 bits per heavy atom. The first-order valence-electron chi connectivity index (χ1n) is 6.91. The van der Waals surface area contributed by atoms with Crippen LogP contribution in [0.15, 0.2) is 47.6 Å². The van der Waals surface area contributed by atoms with Crippen molar-refractivity contribution in [3.05, 3.63) is 53.6 Å². The lowest BCUT2D eigenvalue weighted by atomic mass is 10.1. The molecule has 0 saturated carbocycles. The lowest BCUT2D eigenvalue weighted by Gasteiger charge is -2.09. The van der Waals surface area contributed by atoms with Crippen molar-refractivity contribution in [3.8, 4) is 17.2 Å². The van der Waals surface area contributed by atoms with Gasteiger partial charge in [0, 0.05) is 0 Å². The number of benzene rings is 2. The van der Waals surface area contributed by atoms with Crippen molar-refractivity contribution in [1.82, 2.24) is 5.43 Å². The molecular formula is C17H20N2O3. The number of hydrogen-bond acceptors (Lipinski definition) is 5. The van der Waals surface area contributed by atoms with Gasteiger partial charge in [-0.3, -0.25) is 0 Å². The molecule has 0 aromatic heterocycles. The van der Waals surface area contributed by atoms with Crippen LogP contribution in [-0.2, 0) is 6.54 Å². The number of aromatic hydroxyl groups is 1. The summed E-state index contributed by atoms with van der Waals surface area (Å²) >= 11 is 0. The van der Waals surface area contributed by atoms with Crippen LogP contribution in [0.25, 0.3) is 0 Å². The first-order chi connectivity index (χ1) is 10.6. The summed E-state index contributed by atoms with van der Waals surface area (Å²) < 4.78 is 10.5. The molecule has 0 saturated heterocycles. The standard InChI is InChI=1S/C17H20N2O3/c1-12(14-5-7-15(20)8-6-14)19-18-11-13-4-9-16(21-2)17(10-13)22-3/h4-10,18,20H,11H2,1-3H3/b19-12+. The normalized spacial score (nSPS) is 11.1. The molecule has 0 fully saturated rings. The van der Waals surface area contributed by atoms with Crippen LogP contribution >= 0.6 is 0 Å². The van der Waals surface area contributed by atoms with Gasteiger partial charge in [0.2, 0.25) is 0 Å². The summed E-state index contributed by atoms with van der Waals surface area (Å²) in [7, 11) is 3.23. The number of rotatable bonds is 6. The van der Waals surface area contributed by atoms with Crippen molar-refractivity contribution >= 4 is 5.71 Å². The summed E-state index contributed by atoms with van der Waals surface area (Å²) in [6.45, 7) is 2.49. The average Bonchev–Trinajstić information content (AvgIpc) is 2.55. The Morgan fingerprint density at radius 1 is 1.05 bits per heavy atom. The highest BCUT2D eigenvalue weighted by molar-refractivity contribution is 5.98. The number of hydrazone groups is 1. The Balaban J connectivity index is 2.00. The van der Waals surface area contributed by atoms with Crippen molar-refractivity contribution in [3.63, 3.8) is 0 Å². The fourth-order valence-electron chi connectivity index (χ4n) is 2.01. The highest BCUT2D eigenvalue weighted by Crippen LogP contribution is 2.27. The second-order valence-corrected chi connectivity index (χ2v) is 4.77. The molecular weight excluding hydrogens is 280 g/mol. The molecule has 2 rings (SSSR count). The van der Waals surface area contributed by atoms with E-state index in [-0.39, 0.29) is 5.75 Å². The molecule has 0 radical (unpaired) electrons. The lowest BCUT2D eigenvalue weighted by Crippen LogP contribution is -2.09. The molecule has 0 bridgehead atoms. The third-order valence-corrected chi connectivity index (χ3v) is 3.26. The molecule has 2 aromatic rings. The Labute approximate surface area is 130 Å². The maximum Gasteiger partial charge on any atom is 0.161 e. The van der Waals surface area contributed by atoms with Crippen LogP contribution in [-0.4, -0.2) is 25.0 Å². The number of nitrogens with one attached hydrogen (secondary N) is 1. The zero-order valence-electron chi connectivity index (χ0n) is 13.0. The van der Waals surface area contributed by atoms with E-state index in [0.29, 0.717) is 18.0 Å². The van der Waals surface area contributed by atoms with Crippen molar-refractivity contribution in [2.24, 2.45) is 5.10 Å². The van der Waals surface area contributed by atoms with Gasteiger partial charge in [0.1, 0.15) is 5.75 Å². The van der Waals surface area contributed by atoms with E-state index < -0.39 is 0 Å². The van der Waals surface area contributed by atoms with E-state index in [1.165, 1.54) is 0 Å². The molecule has 0 atom stereocenters. The summed E-state index contributed by atoms with van der Waals surface area (Å²) in [5, 5.41) is 13.6. The molecule has 2 N–H and O–H groups in total. The van der Waals surface area contributed by atoms with Gasteiger partial charge >= 0.3 is 0 Å². The van der Waals surface area contributed by atoms with Crippen LogP contribution in [0.5, 0.6) is 17.2 Å². The molecule has 22 heavy (non-hydrogen) atoms. The van der Waals surface area contributed by atoms with Gasteiger partial charge < -0.3 is 20.0 Å². The third kappa shape index (κ3) is 3.91. The molecule has 116 valence electrons. The quantitative estimate of drug-likeness (QED) is 0.636. The fraction of sp³-hybridized carbons (Fsp3) is 0.235. The van der Waals surface area contributed by atoms with Gasteiger partial charge in [-0.25, -0.2) is 0 Å². The molecule has 0 unspecified atom stereocenters. The maximum absolute atomic E-state index is 9.28. The SMILES string of the molecule is COc1ccc(CN/N=C(\C)c2ccc(O)cc2)cc1OC. The largest absolute Gasteiger partial charge is 0.508 e. The first-order valence-corrected chi connectivity index (χ1v) is 6.91. The molecule has 0 heterocycles. The number of methoxy groups -OCH3 is 2. The smallest absolute Gasteiger partial charge is 0.161 e. The van der Waals surface area contributed by atoms with Crippen LogP contribution in [0, 0.1) is 0 Å². The number of phenolic OH excluding ortho intramolecular Hbond substituents is 1. The fourth-order valence-corrected chi connectivity index (χ4v) is 2.01. The minimum absolute atomic E-state index is 0.245. The molecule has 0 aliphatic rings. The monoisotopic (exact) mass is 300 g/mol. The van der Waals surface area contributed by atoms with Crippen LogP contribution in [0.4, 0.5) is 0 Å². The van der Waals surface area contributed by atoms with E-state index in [1.807, 2.05) is 37.3 Å². The predicted octanol–water partition coefficient (Wildman–Crippen LogP) is 2.92. The Kier molecular flexibility index (Phi) is 5.25. The van der Waals surface area contributed by atoms with E-state index in [0.717, 1.165) is 16.8 Å². The van der Waals surface area contributed by atoms with Crippen molar-refractivity contribution in [2.45, 2.75) is 13.5 Å². The molecule has 5 nitrogen and oxygen atoms in total. The summed E-state index contributed by atoms with van der Waals surface area (Å²) in [5.41, 5.74) is 5.88. The predicted molar refractivity (Wildman–Crippen MR) is 86.7 cm³/mol.